The smallest absolute Gasteiger partial charge is 0.258 e. The number of hydrogen-bond acceptors (Lipinski definition) is 4. The second-order valence-corrected chi connectivity index (χ2v) is 7.58. The Morgan fingerprint density at radius 1 is 0.969 bits per heavy atom. The van der Waals surface area contributed by atoms with E-state index in [1.165, 1.54) is 25.4 Å². The number of nitrogens with zero attached hydrogens (tertiary/aromatic N) is 3. The molecule has 1 aromatic heterocycles. The number of nitrogens with one attached hydrogen (secondary N) is 2. The topological polar surface area (TPSA) is 113 Å². The largest absolute Gasteiger partial charge is 0.369 e. The van der Waals surface area contributed by atoms with Crippen LogP contribution in [0, 0.1) is 0 Å². The molecule has 3 rings (SSSR count). The normalized spacial score (nSPS) is 11.1. The Morgan fingerprint density at radius 3 is 2.28 bits per heavy atom. The lowest BCUT2D eigenvalue weighted by Crippen LogP contribution is -2.29. The van der Waals surface area contributed by atoms with Crippen molar-refractivity contribution in [2.45, 2.75) is 0 Å². The van der Waals surface area contributed by atoms with Gasteiger partial charge < -0.3 is 16.4 Å². The van der Waals surface area contributed by atoms with Crippen molar-refractivity contribution in [2.75, 3.05) is 22.1 Å². The molecule has 0 bridgehead atoms. The number of halogens is 3. The van der Waals surface area contributed by atoms with Gasteiger partial charge in [0.05, 0.1) is 22.0 Å². The quantitative estimate of drug-likeness (QED) is 0.270. The molecule has 2 amide bonds. The lowest BCUT2D eigenvalue weighted by atomic mass is 10.1. The van der Waals surface area contributed by atoms with Gasteiger partial charge in [-0.15, -0.1) is 0 Å². The molecule has 0 unspecified atom stereocenters. The van der Waals surface area contributed by atoms with Crippen LogP contribution in [0.2, 0.25) is 10.0 Å². The van der Waals surface area contributed by atoms with Gasteiger partial charge in [0, 0.05) is 35.6 Å². The van der Waals surface area contributed by atoms with E-state index in [0.29, 0.717) is 27.1 Å². The number of hydrogen-bond donors (Lipinski definition) is 3. The van der Waals surface area contributed by atoms with Crippen molar-refractivity contribution in [3.63, 3.8) is 0 Å². The molecule has 0 saturated heterocycles. The Kier molecular flexibility index (Phi) is 7.53. The minimum absolute atomic E-state index is 0.107. The molecule has 0 fully saturated rings. The third kappa shape index (κ3) is 5.67. The summed E-state index contributed by atoms with van der Waals surface area (Å²) in [6, 6.07) is 14.1. The summed E-state index contributed by atoms with van der Waals surface area (Å²) < 4.78 is 1.16. The van der Waals surface area contributed by atoms with E-state index in [1.54, 1.807) is 42.5 Å². The summed E-state index contributed by atoms with van der Waals surface area (Å²) in [4.78, 5) is 33.3. The second-order valence-electron chi connectivity index (χ2n) is 6.37. The fourth-order valence-corrected chi connectivity index (χ4v) is 3.08. The second kappa shape index (κ2) is 10.3. The van der Waals surface area contributed by atoms with Crippen molar-refractivity contribution in [2.24, 2.45) is 10.7 Å². The van der Waals surface area contributed by atoms with Crippen LogP contribution in [0.15, 0.2) is 65.8 Å². The zero-order valence-corrected chi connectivity index (χ0v) is 18.9. The molecular weight excluding hydrogens is 475 g/mol. The van der Waals surface area contributed by atoms with Crippen LogP contribution in [0.4, 0.5) is 17.2 Å². The molecule has 0 radical (unpaired) electrons. The summed E-state index contributed by atoms with van der Waals surface area (Å²) in [6.45, 7) is 0. The number of carbonyl (C=O) groups excluding carboxylic acids is 2. The number of amides is 2. The van der Waals surface area contributed by atoms with Crippen molar-refractivity contribution < 1.29 is 9.59 Å². The molecule has 0 aliphatic carbocycles. The maximum atomic E-state index is 12.8. The highest BCUT2D eigenvalue weighted by Gasteiger charge is 2.17. The zero-order chi connectivity index (χ0) is 23.3. The third-order valence-electron chi connectivity index (χ3n) is 4.23. The molecule has 8 nitrogen and oxygen atoms in total. The molecule has 4 N–H and O–H groups in total. The van der Waals surface area contributed by atoms with E-state index in [0.717, 1.165) is 4.42 Å². The van der Waals surface area contributed by atoms with Crippen LogP contribution in [0.3, 0.4) is 0 Å². The molecule has 1 heterocycles. The van der Waals surface area contributed by atoms with Crippen LogP contribution >= 0.6 is 35.0 Å². The monoisotopic (exact) mass is 490 g/mol. The zero-order valence-electron chi connectivity index (χ0n) is 16.6. The van der Waals surface area contributed by atoms with E-state index in [1.807, 2.05) is 0 Å². The molecule has 0 saturated carbocycles. The van der Waals surface area contributed by atoms with Crippen LogP contribution in [0.25, 0.3) is 0 Å². The first-order valence-electron chi connectivity index (χ1n) is 9.10. The molecule has 11 heteroatoms. The SMILES string of the molecule is CN=C(N)N(Cl)c1ccc(C(=O)Nc2ccc(Cl)cc2C(=O)Nc2ccc(Cl)cn2)cc1. The van der Waals surface area contributed by atoms with Crippen molar-refractivity contribution in [1.29, 1.82) is 0 Å². The number of benzene rings is 2. The van der Waals surface area contributed by atoms with E-state index >= 15 is 0 Å². The predicted molar refractivity (Wildman–Crippen MR) is 129 cm³/mol. The number of aliphatic imine (C=N–C) groups is 1. The first-order valence-corrected chi connectivity index (χ1v) is 10.2. The summed E-state index contributed by atoms with van der Waals surface area (Å²) >= 11 is 17.9. The van der Waals surface area contributed by atoms with Gasteiger partial charge in [-0.3, -0.25) is 14.6 Å². The molecule has 0 spiro atoms. The maximum absolute atomic E-state index is 12.8. The summed E-state index contributed by atoms with van der Waals surface area (Å²) in [5.41, 5.74) is 6.99. The number of nitrogens with two attached hydrogens (primary N) is 1. The maximum Gasteiger partial charge on any atom is 0.258 e. The Morgan fingerprint density at radius 2 is 1.66 bits per heavy atom. The summed E-state index contributed by atoms with van der Waals surface area (Å²) in [7, 11) is 1.51. The van der Waals surface area contributed by atoms with Gasteiger partial charge in [-0.1, -0.05) is 23.2 Å². The van der Waals surface area contributed by atoms with Crippen LogP contribution in [-0.2, 0) is 0 Å². The minimum atomic E-state index is -0.500. The van der Waals surface area contributed by atoms with Crippen LogP contribution in [0.5, 0.6) is 0 Å². The van der Waals surface area contributed by atoms with Crippen molar-refractivity contribution >= 4 is 69.9 Å². The minimum Gasteiger partial charge on any atom is -0.369 e. The lowest BCUT2D eigenvalue weighted by molar-refractivity contribution is 0.102. The highest BCUT2D eigenvalue weighted by molar-refractivity contribution is 6.37. The van der Waals surface area contributed by atoms with E-state index in [9.17, 15) is 9.59 Å². The molecule has 3 aromatic rings. The molecule has 0 aliphatic heterocycles. The third-order valence-corrected chi connectivity index (χ3v) is 5.06. The van der Waals surface area contributed by atoms with E-state index in [-0.39, 0.29) is 17.2 Å². The van der Waals surface area contributed by atoms with E-state index in [4.69, 9.17) is 40.7 Å². The number of anilines is 3. The number of guanidine groups is 1. The Hall–Kier alpha value is -3.33. The molecular formula is C21H17Cl3N6O2. The van der Waals surface area contributed by atoms with Gasteiger partial charge >= 0.3 is 0 Å². The number of rotatable bonds is 5. The van der Waals surface area contributed by atoms with Gasteiger partial charge in [-0.05, 0) is 54.6 Å². The van der Waals surface area contributed by atoms with E-state index in [2.05, 4.69) is 20.6 Å². The molecule has 164 valence electrons. The van der Waals surface area contributed by atoms with Crippen LogP contribution in [0.1, 0.15) is 20.7 Å². The molecule has 2 aromatic carbocycles. The number of aromatic nitrogens is 1. The highest BCUT2D eigenvalue weighted by Crippen LogP contribution is 2.24. The molecule has 32 heavy (non-hydrogen) atoms. The first-order chi connectivity index (χ1) is 15.3. The van der Waals surface area contributed by atoms with Crippen molar-refractivity contribution in [3.8, 4) is 0 Å². The van der Waals surface area contributed by atoms with Crippen molar-refractivity contribution in [1.82, 2.24) is 4.98 Å². The molecule has 0 aliphatic rings. The fraction of sp³-hybridized carbons (Fsp3) is 0.0476. The standard InChI is InChI=1S/C21H17Cl3N6O2/c1-26-21(25)30(24)15-6-2-12(3-7-15)19(31)28-17-8-4-13(22)10-16(17)20(32)29-18-9-5-14(23)11-27-18/h2-11H,1H3,(H2,25,26)(H,28,31)(H,27,29,32). The lowest BCUT2D eigenvalue weighted by Gasteiger charge is -2.15. The Bertz CT molecular complexity index is 1170. The average molecular weight is 492 g/mol. The van der Waals surface area contributed by atoms with E-state index < -0.39 is 11.8 Å². The van der Waals surface area contributed by atoms with Gasteiger partial charge in [-0.2, -0.15) is 0 Å². The number of pyridine rings is 1. The predicted octanol–water partition coefficient (Wildman–Crippen LogP) is 4.80. The Balaban J connectivity index is 1.79. The van der Waals surface area contributed by atoms with Gasteiger partial charge in [0.1, 0.15) is 5.82 Å². The van der Waals surface area contributed by atoms with Gasteiger partial charge in [-0.25, -0.2) is 9.40 Å². The number of carbonyl (C=O) groups is 2. The summed E-state index contributed by atoms with van der Waals surface area (Å²) in [5, 5.41) is 6.13. The van der Waals surface area contributed by atoms with Gasteiger partial charge in [0.15, 0.2) is 0 Å². The van der Waals surface area contributed by atoms with Gasteiger partial charge in [0.25, 0.3) is 11.8 Å². The first kappa shape index (κ1) is 23.3. The summed E-state index contributed by atoms with van der Waals surface area (Å²) in [6.07, 6.45) is 1.41. The molecule has 0 atom stereocenters. The summed E-state index contributed by atoms with van der Waals surface area (Å²) in [5.74, 6) is -0.528. The van der Waals surface area contributed by atoms with Crippen molar-refractivity contribution in [3.05, 3.63) is 82.0 Å². The fourth-order valence-electron chi connectivity index (χ4n) is 2.60. The Labute approximate surface area is 199 Å². The van der Waals surface area contributed by atoms with Crippen LogP contribution < -0.4 is 20.8 Å². The van der Waals surface area contributed by atoms with Gasteiger partial charge in [0.2, 0.25) is 5.96 Å². The highest BCUT2D eigenvalue weighted by atomic mass is 35.5. The van der Waals surface area contributed by atoms with Crippen LogP contribution in [-0.4, -0.2) is 29.8 Å². The average Bonchev–Trinajstić information content (AvgIpc) is 2.80.